The minimum Gasteiger partial charge on any atom is -0.492 e. The van der Waals surface area contributed by atoms with Crippen LogP contribution in [0.4, 0.5) is 0 Å². The Bertz CT molecular complexity index is 544. The van der Waals surface area contributed by atoms with Crippen molar-refractivity contribution in [1.29, 1.82) is 0 Å². The summed E-state index contributed by atoms with van der Waals surface area (Å²) in [5.74, 6) is 0.796. The van der Waals surface area contributed by atoms with Gasteiger partial charge in [-0.3, -0.25) is 0 Å². The lowest BCUT2D eigenvalue weighted by atomic mass is 10.2. The molecule has 0 saturated carbocycles. The number of hydrogen-bond donors (Lipinski definition) is 1. The number of ether oxygens (including phenoxy) is 1. The fourth-order valence-corrected chi connectivity index (χ4v) is 3.28. The van der Waals surface area contributed by atoms with Gasteiger partial charge < -0.3 is 10.1 Å². The molecule has 0 fully saturated rings. The van der Waals surface area contributed by atoms with Crippen molar-refractivity contribution < 1.29 is 4.74 Å². The largest absolute Gasteiger partial charge is 0.492 e. The molecule has 0 spiro atoms. The molecule has 20 heavy (non-hydrogen) atoms. The van der Waals surface area contributed by atoms with E-state index in [0.29, 0.717) is 11.6 Å². The molecule has 1 aromatic carbocycles. The van der Waals surface area contributed by atoms with Crippen molar-refractivity contribution >= 4 is 34.5 Å². The van der Waals surface area contributed by atoms with E-state index in [4.69, 9.17) is 27.9 Å². The minimum absolute atomic E-state index is 0.258. The number of benzene rings is 1. The van der Waals surface area contributed by atoms with E-state index in [9.17, 15) is 0 Å². The molecule has 1 N–H and O–H groups in total. The number of likely N-dealkylation sites (N-methyl/N-ethyl adjacent to an activating group) is 1. The highest BCUT2D eigenvalue weighted by atomic mass is 35.5. The molecule has 108 valence electrons. The predicted molar refractivity (Wildman–Crippen MR) is 87.4 cm³/mol. The molecular formula is C15H17Cl2NOS. The number of thiophene rings is 1. The van der Waals surface area contributed by atoms with Crippen molar-refractivity contribution in [3.63, 3.8) is 0 Å². The number of nitrogens with one attached hydrogen (secondary N) is 1. The lowest BCUT2D eigenvalue weighted by Gasteiger charge is -2.18. The molecule has 0 aliphatic heterocycles. The molecule has 1 unspecified atom stereocenters. The van der Waals surface area contributed by atoms with Crippen molar-refractivity contribution in [2.24, 2.45) is 0 Å². The minimum atomic E-state index is 0.258. The SMILES string of the molecule is CCNC(COc1cccc(Cl)c1)Cc1ccc(Cl)s1. The van der Waals surface area contributed by atoms with Crippen LogP contribution in [0.25, 0.3) is 0 Å². The third-order valence-electron chi connectivity index (χ3n) is 2.82. The second kappa shape index (κ2) is 7.89. The standard InChI is InChI=1S/C15H17Cl2NOS/c1-2-18-12(9-14-6-7-15(17)20-14)10-19-13-5-3-4-11(16)8-13/h3-8,12,18H,2,9-10H2,1H3. The molecular weight excluding hydrogens is 313 g/mol. The van der Waals surface area contributed by atoms with Gasteiger partial charge in [0, 0.05) is 22.4 Å². The predicted octanol–water partition coefficient (Wildman–Crippen LogP) is 4.65. The molecule has 2 nitrogen and oxygen atoms in total. The number of halogens is 2. The van der Waals surface area contributed by atoms with Crippen LogP contribution in [-0.4, -0.2) is 19.2 Å². The first-order valence-corrected chi connectivity index (χ1v) is 8.10. The van der Waals surface area contributed by atoms with Gasteiger partial charge in [-0.2, -0.15) is 0 Å². The Balaban J connectivity index is 1.91. The van der Waals surface area contributed by atoms with Crippen LogP contribution < -0.4 is 10.1 Å². The highest BCUT2D eigenvalue weighted by molar-refractivity contribution is 7.16. The topological polar surface area (TPSA) is 21.3 Å². The number of hydrogen-bond acceptors (Lipinski definition) is 3. The zero-order valence-corrected chi connectivity index (χ0v) is 13.6. The Morgan fingerprint density at radius 3 is 2.75 bits per heavy atom. The Morgan fingerprint density at radius 1 is 1.25 bits per heavy atom. The summed E-state index contributed by atoms with van der Waals surface area (Å²) < 4.78 is 6.63. The molecule has 0 radical (unpaired) electrons. The highest BCUT2D eigenvalue weighted by Crippen LogP contribution is 2.23. The summed E-state index contributed by atoms with van der Waals surface area (Å²) in [6.45, 7) is 3.60. The first-order chi connectivity index (χ1) is 9.67. The summed E-state index contributed by atoms with van der Waals surface area (Å²) in [4.78, 5) is 1.26. The van der Waals surface area contributed by atoms with Gasteiger partial charge in [0.25, 0.3) is 0 Å². The van der Waals surface area contributed by atoms with Gasteiger partial charge >= 0.3 is 0 Å². The average molecular weight is 330 g/mol. The molecule has 2 rings (SSSR count). The van der Waals surface area contributed by atoms with Crippen LogP contribution in [0.5, 0.6) is 5.75 Å². The second-order valence-corrected chi connectivity index (χ2v) is 6.67. The Morgan fingerprint density at radius 2 is 2.10 bits per heavy atom. The van der Waals surface area contributed by atoms with E-state index in [0.717, 1.165) is 23.1 Å². The van der Waals surface area contributed by atoms with E-state index < -0.39 is 0 Å². The summed E-state index contributed by atoms with van der Waals surface area (Å²) >= 11 is 13.5. The average Bonchev–Trinajstić information content (AvgIpc) is 2.82. The zero-order chi connectivity index (χ0) is 14.4. The summed E-state index contributed by atoms with van der Waals surface area (Å²) in [6.07, 6.45) is 0.909. The maximum absolute atomic E-state index is 5.96. The van der Waals surface area contributed by atoms with Crippen molar-refractivity contribution in [2.75, 3.05) is 13.2 Å². The summed E-state index contributed by atoms with van der Waals surface area (Å²) in [6, 6.07) is 11.7. The third kappa shape index (κ3) is 4.98. The fourth-order valence-electron chi connectivity index (χ4n) is 1.94. The van der Waals surface area contributed by atoms with E-state index in [-0.39, 0.29) is 6.04 Å². The van der Waals surface area contributed by atoms with E-state index >= 15 is 0 Å². The maximum atomic E-state index is 5.96. The smallest absolute Gasteiger partial charge is 0.120 e. The first kappa shape index (κ1) is 15.6. The normalized spacial score (nSPS) is 12.3. The Kier molecular flexibility index (Phi) is 6.17. The van der Waals surface area contributed by atoms with Gasteiger partial charge in [-0.25, -0.2) is 0 Å². The fraction of sp³-hybridized carbons (Fsp3) is 0.333. The molecule has 1 heterocycles. The van der Waals surface area contributed by atoms with Gasteiger partial charge in [-0.15, -0.1) is 11.3 Å². The van der Waals surface area contributed by atoms with Gasteiger partial charge in [0.2, 0.25) is 0 Å². The summed E-state index contributed by atoms with van der Waals surface area (Å²) in [5.41, 5.74) is 0. The maximum Gasteiger partial charge on any atom is 0.120 e. The van der Waals surface area contributed by atoms with Gasteiger partial charge in [-0.1, -0.05) is 36.2 Å². The van der Waals surface area contributed by atoms with Crippen LogP contribution in [0.3, 0.4) is 0 Å². The highest BCUT2D eigenvalue weighted by Gasteiger charge is 2.11. The van der Waals surface area contributed by atoms with Crippen LogP contribution in [0.1, 0.15) is 11.8 Å². The molecule has 1 aromatic heterocycles. The molecule has 0 bridgehead atoms. The van der Waals surface area contributed by atoms with Crippen molar-refractivity contribution in [3.8, 4) is 5.75 Å². The zero-order valence-electron chi connectivity index (χ0n) is 11.2. The van der Waals surface area contributed by atoms with Crippen LogP contribution >= 0.6 is 34.5 Å². The molecule has 1 atom stereocenters. The third-order valence-corrected chi connectivity index (χ3v) is 4.31. The van der Waals surface area contributed by atoms with Gasteiger partial charge in [0.1, 0.15) is 12.4 Å². The molecule has 0 aliphatic rings. The van der Waals surface area contributed by atoms with Gasteiger partial charge in [-0.05, 0) is 36.9 Å². The monoisotopic (exact) mass is 329 g/mol. The Labute approximate surface area is 133 Å². The summed E-state index contributed by atoms with van der Waals surface area (Å²) in [7, 11) is 0. The summed E-state index contributed by atoms with van der Waals surface area (Å²) in [5, 5.41) is 4.12. The van der Waals surface area contributed by atoms with E-state index in [1.54, 1.807) is 11.3 Å². The van der Waals surface area contributed by atoms with Crippen LogP contribution in [0, 0.1) is 0 Å². The van der Waals surface area contributed by atoms with Crippen LogP contribution in [0.2, 0.25) is 9.36 Å². The first-order valence-electron chi connectivity index (χ1n) is 6.53. The molecule has 0 saturated heterocycles. The van der Waals surface area contributed by atoms with Crippen molar-refractivity contribution in [3.05, 3.63) is 50.6 Å². The van der Waals surface area contributed by atoms with E-state index in [2.05, 4.69) is 18.3 Å². The van der Waals surface area contributed by atoms with Crippen molar-refractivity contribution in [2.45, 2.75) is 19.4 Å². The second-order valence-electron chi connectivity index (χ2n) is 4.43. The van der Waals surface area contributed by atoms with Gasteiger partial charge in [0.15, 0.2) is 0 Å². The van der Waals surface area contributed by atoms with Crippen LogP contribution in [-0.2, 0) is 6.42 Å². The molecule has 2 aromatic rings. The van der Waals surface area contributed by atoms with E-state index in [1.807, 2.05) is 30.3 Å². The van der Waals surface area contributed by atoms with E-state index in [1.165, 1.54) is 4.88 Å². The number of rotatable bonds is 7. The quantitative estimate of drug-likeness (QED) is 0.797. The lowest BCUT2D eigenvalue weighted by molar-refractivity contribution is 0.265. The van der Waals surface area contributed by atoms with Crippen molar-refractivity contribution in [1.82, 2.24) is 5.32 Å². The molecule has 5 heteroatoms. The van der Waals surface area contributed by atoms with Gasteiger partial charge in [0.05, 0.1) is 4.34 Å². The van der Waals surface area contributed by atoms with Crippen LogP contribution in [0.15, 0.2) is 36.4 Å². The molecule has 0 amide bonds. The Hall–Kier alpha value is -0.740. The molecule has 0 aliphatic carbocycles. The lowest BCUT2D eigenvalue weighted by Crippen LogP contribution is -2.36.